The number of anilines is 1. The van der Waals surface area contributed by atoms with Gasteiger partial charge in [0.25, 0.3) is 0 Å². The molecule has 3 fully saturated rings. The number of alkyl halides is 1. The number of nitrogens with one attached hydrogen (secondary N) is 1. The smallest absolute Gasteiger partial charge is 0.310 e. The summed E-state index contributed by atoms with van der Waals surface area (Å²) >= 11 is 3.64. The van der Waals surface area contributed by atoms with Crippen LogP contribution < -0.4 is 14.8 Å². The first kappa shape index (κ1) is 18.5. The van der Waals surface area contributed by atoms with Crippen LogP contribution in [0.3, 0.4) is 0 Å². The molecule has 2 bridgehead atoms. The Morgan fingerprint density at radius 3 is 2.55 bits per heavy atom. The highest BCUT2D eigenvalue weighted by Gasteiger charge is 2.67. The third-order valence-electron chi connectivity index (χ3n) is 6.24. The fourth-order valence-electron chi connectivity index (χ4n) is 4.99. The number of para-hydroxylation sites is 2. The number of halogens is 1. The molecule has 2 aromatic carbocycles. The molecule has 5 rings (SSSR count). The molecule has 1 amide bonds. The van der Waals surface area contributed by atoms with E-state index >= 15 is 0 Å². The number of methoxy groups -OCH3 is 1. The van der Waals surface area contributed by atoms with Crippen LogP contribution in [0, 0.1) is 23.7 Å². The van der Waals surface area contributed by atoms with Crippen LogP contribution in [0.4, 0.5) is 5.69 Å². The molecule has 1 saturated heterocycles. The van der Waals surface area contributed by atoms with Gasteiger partial charge in [-0.1, -0.05) is 28.1 Å². The van der Waals surface area contributed by atoms with Gasteiger partial charge >= 0.3 is 5.97 Å². The predicted molar refractivity (Wildman–Crippen MR) is 109 cm³/mol. The van der Waals surface area contributed by atoms with E-state index < -0.39 is 0 Å². The molecule has 2 aromatic rings. The summed E-state index contributed by atoms with van der Waals surface area (Å²) in [6.07, 6.45) is 0.786. The van der Waals surface area contributed by atoms with Crippen LogP contribution in [0.1, 0.15) is 6.42 Å². The average Bonchev–Trinajstić information content (AvgIpc) is 3.34. The molecule has 2 aliphatic carbocycles. The van der Waals surface area contributed by atoms with Gasteiger partial charge in [-0.2, -0.15) is 0 Å². The van der Waals surface area contributed by atoms with E-state index in [0.717, 1.165) is 6.42 Å². The molecule has 6 nitrogen and oxygen atoms in total. The van der Waals surface area contributed by atoms with Crippen LogP contribution in [0.15, 0.2) is 48.5 Å². The second-order valence-corrected chi connectivity index (χ2v) is 8.78. The molecule has 0 aromatic heterocycles. The zero-order chi connectivity index (χ0) is 20.1. The standard InChI is InChI=1S/C22H20BrNO5/c1-27-15-4-2-3-5-16(15)28-12-8-6-11(7-9-12)24-21(25)17-13-10-14-18(17)22(26)29-20(14)19(13)23/h2-9,13-14,17-20H,10H2,1H3,(H,24,25)/t13-,14-,17-,18-,19+,20+/m1/s1. The summed E-state index contributed by atoms with van der Waals surface area (Å²) in [6.45, 7) is 0. The van der Waals surface area contributed by atoms with Crippen molar-refractivity contribution in [2.45, 2.75) is 17.4 Å². The SMILES string of the molecule is COc1ccccc1Oc1ccc(NC(=O)[C@@H]2[C@H]3C[C@H]4[C@H](OC(=O)[C@H]42)[C@H]3Br)cc1. The molecule has 6 atom stereocenters. The number of ether oxygens (including phenoxy) is 3. The molecular weight excluding hydrogens is 438 g/mol. The van der Waals surface area contributed by atoms with Crippen molar-refractivity contribution in [1.29, 1.82) is 0 Å². The van der Waals surface area contributed by atoms with Gasteiger partial charge in [0.05, 0.1) is 23.8 Å². The van der Waals surface area contributed by atoms with Crippen molar-refractivity contribution in [2.24, 2.45) is 23.7 Å². The lowest BCUT2D eigenvalue weighted by atomic mass is 9.79. The van der Waals surface area contributed by atoms with Gasteiger partial charge in [0.1, 0.15) is 11.9 Å². The Kier molecular flexibility index (Phi) is 4.50. The number of carbonyl (C=O) groups excluding carboxylic acids is 2. The van der Waals surface area contributed by atoms with E-state index in [1.165, 1.54) is 0 Å². The molecule has 1 N–H and O–H groups in total. The van der Waals surface area contributed by atoms with Crippen LogP contribution in [0.2, 0.25) is 0 Å². The molecular formula is C22H20BrNO5. The van der Waals surface area contributed by atoms with Gasteiger partial charge < -0.3 is 19.5 Å². The minimum absolute atomic E-state index is 0.0579. The number of rotatable bonds is 5. The zero-order valence-electron chi connectivity index (χ0n) is 15.7. The lowest BCUT2D eigenvalue weighted by Gasteiger charge is -2.27. The molecule has 29 heavy (non-hydrogen) atoms. The molecule has 1 aliphatic heterocycles. The second-order valence-electron chi connectivity index (χ2n) is 7.73. The Morgan fingerprint density at radius 1 is 1.10 bits per heavy atom. The van der Waals surface area contributed by atoms with E-state index in [-0.39, 0.29) is 46.5 Å². The van der Waals surface area contributed by atoms with Crippen molar-refractivity contribution < 1.29 is 23.8 Å². The molecule has 3 aliphatic rings. The molecule has 0 radical (unpaired) electrons. The molecule has 1 heterocycles. The van der Waals surface area contributed by atoms with E-state index in [1.807, 2.05) is 24.3 Å². The number of esters is 1. The average molecular weight is 458 g/mol. The highest BCUT2D eigenvalue weighted by molar-refractivity contribution is 9.09. The van der Waals surface area contributed by atoms with Gasteiger partial charge in [0.15, 0.2) is 11.5 Å². The molecule has 0 spiro atoms. The number of fused-ring (bicyclic) bond motifs is 1. The first-order valence-electron chi connectivity index (χ1n) is 9.63. The van der Waals surface area contributed by atoms with Crippen molar-refractivity contribution in [2.75, 3.05) is 12.4 Å². The van der Waals surface area contributed by atoms with Crippen LogP contribution in [0.25, 0.3) is 0 Å². The Morgan fingerprint density at radius 2 is 1.83 bits per heavy atom. The minimum atomic E-state index is -0.347. The summed E-state index contributed by atoms with van der Waals surface area (Å²) in [5, 5.41) is 2.96. The minimum Gasteiger partial charge on any atom is -0.493 e. The predicted octanol–water partition coefficient (Wildman–Crippen LogP) is 4.00. The quantitative estimate of drug-likeness (QED) is 0.542. The summed E-state index contributed by atoms with van der Waals surface area (Å²) in [5.41, 5.74) is 0.666. The Bertz CT molecular complexity index is 962. The van der Waals surface area contributed by atoms with Crippen molar-refractivity contribution in [3.05, 3.63) is 48.5 Å². The first-order chi connectivity index (χ1) is 14.1. The summed E-state index contributed by atoms with van der Waals surface area (Å²) in [6, 6.07) is 14.6. The monoisotopic (exact) mass is 457 g/mol. The Hall–Kier alpha value is -2.54. The van der Waals surface area contributed by atoms with Crippen molar-refractivity contribution in [3.63, 3.8) is 0 Å². The van der Waals surface area contributed by atoms with Gasteiger partial charge in [-0.05, 0) is 48.7 Å². The summed E-state index contributed by atoms with van der Waals surface area (Å²) in [5.74, 6) is 1.17. The van der Waals surface area contributed by atoms with E-state index in [9.17, 15) is 9.59 Å². The van der Waals surface area contributed by atoms with Crippen LogP contribution in [-0.2, 0) is 14.3 Å². The molecule has 2 saturated carbocycles. The number of amides is 1. The Labute approximate surface area is 176 Å². The Balaban J connectivity index is 1.28. The number of carbonyl (C=O) groups is 2. The van der Waals surface area contributed by atoms with E-state index in [4.69, 9.17) is 14.2 Å². The molecule has 150 valence electrons. The number of benzene rings is 2. The highest BCUT2D eigenvalue weighted by Crippen LogP contribution is 2.60. The van der Waals surface area contributed by atoms with Gasteiger partial charge in [-0.25, -0.2) is 0 Å². The molecule has 7 heteroatoms. The lowest BCUT2D eigenvalue weighted by Crippen LogP contribution is -2.40. The maximum absolute atomic E-state index is 13.0. The largest absolute Gasteiger partial charge is 0.493 e. The topological polar surface area (TPSA) is 73.9 Å². The number of hydrogen-bond donors (Lipinski definition) is 1. The zero-order valence-corrected chi connectivity index (χ0v) is 17.3. The maximum atomic E-state index is 13.0. The van der Waals surface area contributed by atoms with Crippen molar-refractivity contribution >= 4 is 33.5 Å². The van der Waals surface area contributed by atoms with E-state index in [0.29, 0.717) is 22.9 Å². The van der Waals surface area contributed by atoms with Crippen LogP contribution >= 0.6 is 15.9 Å². The third-order valence-corrected chi connectivity index (χ3v) is 7.44. The maximum Gasteiger partial charge on any atom is 0.310 e. The van der Waals surface area contributed by atoms with E-state index in [2.05, 4.69) is 21.2 Å². The normalized spacial score (nSPS) is 31.4. The van der Waals surface area contributed by atoms with Gasteiger partial charge in [-0.3, -0.25) is 9.59 Å². The highest BCUT2D eigenvalue weighted by atomic mass is 79.9. The van der Waals surface area contributed by atoms with Gasteiger partial charge in [0, 0.05) is 11.6 Å². The fraction of sp³-hybridized carbons (Fsp3) is 0.364. The van der Waals surface area contributed by atoms with Crippen LogP contribution in [-0.4, -0.2) is 29.9 Å². The second kappa shape index (κ2) is 7.06. The number of hydrogen-bond acceptors (Lipinski definition) is 5. The van der Waals surface area contributed by atoms with Crippen molar-refractivity contribution in [1.82, 2.24) is 0 Å². The summed E-state index contributed by atoms with van der Waals surface area (Å²) in [7, 11) is 1.59. The van der Waals surface area contributed by atoms with Gasteiger partial charge in [-0.15, -0.1) is 0 Å². The summed E-state index contributed by atoms with van der Waals surface area (Å²) in [4.78, 5) is 25.2. The van der Waals surface area contributed by atoms with Crippen LogP contribution in [0.5, 0.6) is 17.2 Å². The lowest BCUT2D eigenvalue weighted by molar-refractivity contribution is -0.145. The summed E-state index contributed by atoms with van der Waals surface area (Å²) < 4.78 is 16.6. The van der Waals surface area contributed by atoms with E-state index in [1.54, 1.807) is 31.4 Å². The third kappa shape index (κ3) is 2.99. The fourth-order valence-corrected chi connectivity index (χ4v) is 6.04. The van der Waals surface area contributed by atoms with Crippen molar-refractivity contribution in [3.8, 4) is 17.2 Å². The van der Waals surface area contributed by atoms with Gasteiger partial charge in [0.2, 0.25) is 5.91 Å². The first-order valence-corrected chi connectivity index (χ1v) is 10.5. The molecule has 0 unspecified atom stereocenters.